The third-order valence-electron chi connectivity index (χ3n) is 3.79. The molecule has 0 saturated carbocycles. The monoisotopic (exact) mass is 371 g/mol. The molecule has 1 N–H and O–H groups in total. The van der Waals surface area contributed by atoms with Crippen LogP contribution in [-0.2, 0) is 6.54 Å². The van der Waals surface area contributed by atoms with Crippen molar-refractivity contribution in [2.75, 3.05) is 0 Å². The van der Waals surface area contributed by atoms with E-state index in [0.29, 0.717) is 22.0 Å². The molecule has 26 heavy (non-hydrogen) atoms. The number of hydrogen-bond donors (Lipinski definition) is 1. The number of nitrogens with one attached hydrogen (secondary N) is 1. The second-order valence-electron chi connectivity index (χ2n) is 5.66. The molecule has 1 aromatic heterocycles. The van der Waals surface area contributed by atoms with Crippen molar-refractivity contribution < 1.29 is 9.18 Å². The predicted octanol–water partition coefficient (Wildman–Crippen LogP) is 3.26. The van der Waals surface area contributed by atoms with E-state index in [1.54, 1.807) is 49.4 Å². The molecule has 0 atom stereocenters. The second kappa shape index (κ2) is 7.49. The van der Waals surface area contributed by atoms with Gasteiger partial charge in [-0.05, 0) is 37.3 Å². The minimum atomic E-state index is -0.666. The molecule has 2 aromatic carbocycles. The number of hydrogen-bond acceptors (Lipinski definition) is 3. The van der Waals surface area contributed by atoms with Crippen LogP contribution >= 0.6 is 11.6 Å². The van der Waals surface area contributed by atoms with E-state index in [1.807, 2.05) is 0 Å². The van der Waals surface area contributed by atoms with Gasteiger partial charge in [-0.2, -0.15) is 5.10 Å². The van der Waals surface area contributed by atoms with Crippen LogP contribution in [0.3, 0.4) is 0 Å². The first-order valence-corrected chi connectivity index (χ1v) is 8.22. The molecule has 0 aliphatic carbocycles. The summed E-state index contributed by atoms with van der Waals surface area (Å²) in [6, 6.07) is 14.3. The lowest BCUT2D eigenvalue weighted by Crippen LogP contribution is -2.31. The Kier molecular flexibility index (Phi) is 5.14. The van der Waals surface area contributed by atoms with Crippen LogP contribution in [0.5, 0.6) is 0 Å². The van der Waals surface area contributed by atoms with Gasteiger partial charge in [0.05, 0.1) is 5.69 Å². The number of benzene rings is 2. The summed E-state index contributed by atoms with van der Waals surface area (Å²) in [5.41, 5.74) is 0.796. The van der Waals surface area contributed by atoms with Gasteiger partial charge in [-0.1, -0.05) is 29.8 Å². The standard InChI is InChI=1S/C19H15ClFN3O2/c1-12-10-17(25)18(23-24(12)15-8-6-14(20)7-9-15)19(26)22-11-13-4-2-3-5-16(13)21/h2-10H,11H2,1H3,(H,22,26). The third-order valence-corrected chi connectivity index (χ3v) is 4.04. The van der Waals surface area contributed by atoms with Crippen LogP contribution in [0.25, 0.3) is 5.69 Å². The summed E-state index contributed by atoms with van der Waals surface area (Å²) in [5.74, 6) is -1.09. The highest BCUT2D eigenvalue weighted by atomic mass is 35.5. The lowest BCUT2D eigenvalue weighted by Gasteiger charge is -2.11. The first-order valence-electron chi connectivity index (χ1n) is 7.84. The van der Waals surface area contributed by atoms with Gasteiger partial charge in [0.15, 0.2) is 5.69 Å². The van der Waals surface area contributed by atoms with Crippen LogP contribution in [-0.4, -0.2) is 15.7 Å². The smallest absolute Gasteiger partial charge is 0.276 e. The Morgan fingerprint density at radius 3 is 2.58 bits per heavy atom. The molecule has 0 radical (unpaired) electrons. The molecule has 132 valence electrons. The van der Waals surface area contributed by atoms with Crippen LogP contribution in [0.1, 0.15) is 21.7 Å². The zero-order valence-corrected chi connectivity index (χ0v) is 14.6. The van der Waals surface area contributed by atoms with Crippen molar-refractivity contribution in [1.29, 1.82) is 0 Å². The maximum absolute atomic E-state index is 13.6. The maximum atomic E-state index is 13.6. The summed E-state index contributed by atoms with van der Waals surface area (Å²) in [6.45, 7) is 1.67. The van der Waals surface area contributed by atoms with E-state index in [-0.39, 0.29) is 12.2 Å². The largest absolute Gasteiger partial charge is 0.346 e. The summed E-state index contributed by atoms with van der Waals surface area (Å²) in [6.07, 6.45) is 0. The average molecular weight is 372 g/mol. The minimum absolute atomic E-state index is 0.0402. The van der Waals surface area contributed by atoms with E-state index in [4.69, 9.17) is 11.6 Å². The Hall–Kier alpha value is -2.99. The fourth-order valence-corrected chi connectivity index (χ4v) is 2.58. The maximum Gasteiger partial charge on any atom is 0.276 e. The van der Waals surface area contributed by atoms with E-state index in [0.717, 1.165) is 0 Å². The molecular formula is C19H15ClFN3O2. The normalized spacial score (nSPS) is 10.6. The van der Waals surface area contributed by atoms with Gasteiger partial charge in [0.25, 0.3) is 5.91 Å². The van der Waals surface area contributed by atoms with Crippen molar-refractivity contribution in [3.8, 4) is 5.69 Å². The summed E-state index contributed by atoms with van der Waals surface area (Å²) >= 11 is 5.88. The number of carbonyl (C=O) groups is 1. The first-order chi connectivity index (χ1) is 12.5. The van der Waals surface area contributed by atoms with E-state index < -0.39 is 17.2 Å². The Labute approximate surface area is 154 Å². The quantitative estimate of drug-likeness (QED) is 0.765. The minimum Gasteiger partial charge on any atom is -0.346 e. The molecule has 0 aliphatic rings. The number of rotatable bonds is 4. The molecule has 3 rings (SSSR count). The van der Waals surface area contributed by atoms with Crippen LogP contribution in [0, 0.1) is 12.7 Å². The van der Waals surface area contributed by atoms with Gasteiger partial charge in [-0.15, -0.1) is 0 Å². The number of carbonyl (C=O) groups excluding carboxylic acids is 1. The predicted molar refractivity (Wildman–Crippen MR) is 97.2 cm³/mol. The van der Waals surface area contributed by atoms with Crippen molar-refractivity contribution in [3.05, 3.63) is 92.6 Å². The van der Waals surface area contributed by atoms with Gasteiger partial charge in [0.1, 0.15) is 5.82 Å². The van der Waals surface area contributed by atoms with E-state index >= 15 is 0 Å². The summed E-state index contributed by atoms with van der Waals surface area (Å²) < 4.78 is 15.1. The lowest BCUT2D eigenvalue weighted by atomic mass is 10.2. The Morgan fingerprint density at radius 1 is 1.19 bits per heavy atom. The Bertz CT molecular complexity index is 1020. The summed E-state index contributed by atoms with van der Waals surface area (Å²) in [4.78, 5) is 24.5. The van der Waals surface area contributed by atoms with E-state index in [2.05, 4.69) is 10.4 Å². The number of aromatic nitrogens is 2. The molecule has 7 heteroatoms. The van der Waals surface area contributed by atoms with Gasteiger partial charge in [0, 0.05) is 28.9 Å². The molecule has 5 nitrogen and oxygen atoms in total. The van der Waals surface area contributed by atoms with Gasteiger partial charge >= 0.3 is 0 Å². The zero-order valence-electron chi connectivity index (χ0n) is 13.9. The third kappa shape index (κ3) is 3.81. The van der Waals surface area contributed by atoms with Crippen molar-refractivity contribution >= 4 is 17.5 Å². The molecule has 1 amide bonds. The van der Waals surface area contributed by atoms with Crippen molar-refractivity contribution in [3.63, 3.8) is 0 Å². The first kappa shape index (κ1) is 17.8. The Balaban J connectivity index is 1.88. The molecule has 0 fully saturated rings. The van der Waals surface area contributed by atoms with Crippen molar-refractivity contribution in [1.82, 2.24) is 15.1 Å². The highest BCUT2D eigenvalue weighted by Crippen LogP contribution is 2.14. The Morgan fingerprint density at radius 2 is 1.88 bits per heavy atom. The van der Waals surface area contributed by atoms with Crippen LogP contribution in [0.15, 0.2) is 59.4 Å². The van der Waals surface area contributed by atoms with Crippen LogP contribution < -0.4 is 10.7 Å². The number of amides is 1. The van der Waals surface area contributed by atoms with Gasteiger partial charge in [-0.3, -0.25) is 9.59 Å². The van der Waals surface area contributed by atoms with Crippen LogP contribution in [0.2, 0.25) is 5.02 Å². The molecule has 0 aliphatic heterocycles. The molecule has 0 spiro atoms. The highest BCUT2D eigenvalue weighted by Gasteiger charge is 2.15. The zero-order chi connectivity index (χ0) is 18.7. The second-order valence-corrected chi connectivity index (χ2v) is 6.10. The topological polar surface area (TPSA) is 64.0 Å². The van der Waals surface area contributed by atoms with Crippen molar-refractivity contribution in [2.45, 2.75) is 13.5 Å². The fraction of sp³-hybridized carbons (Fsp3) is 0.105. The van der Waals surface area contributed by atoms with Gasteiger partial charge in [0.2, 0.25) is 5.43 Å². The van der Waals surface area contributed by atoms with E-state index in [9.17, 15) is 14.0 Å². The summed E-state index contributed by atoms with van der Waals surface area (Å²) in [5, 5.41) is 7.26. The van der Waals surface area contributed by atoms with Gasteiger partial charge in [-0.25, -0.2) is 9.07 Å². The van der Waals surface area contributed by atoms with E-state index in [1.165, 1.54) is 16.8 Å². The molecule has 3 aromatic rings. The highest BCUT2D eigenvalue weighted by molar-refractivity contribution is 6.30. The molecular weight excluding hydrogens is 357 g/mol. The average Bonchev–Trinajstić information content (AvgIpc) is 2.62. The van der Waals surface area contributed by atoms with Gasteiger partial charge < -0.3 is 5.32 Å². The van der Waals surface area contributed by atoms with Crippen LogP contribution in [0.4, 0.5) is 4.39 Å². The SMILES string of the molecule is Cc1cc(=O)c(C(=O)NCc2ccccc2F)nn1-c1ccc(Cl)cc1. The lowest BCUT2D eigenvalue weighted by molar-refractivity contribution is 0.0942. The summed E-state index contributed by atoms with van der Waals surface area (Å²) in [7, 11) is 0. The number of aryl methyl sites for hydroxylation is 1. The molecule has 1 heterocycles. The fourth-order valence-electron chi connectivity index (χ4n) is 2.45. The number of nitrogens with zero attached hydrogens (tertiary/aromatic N) is 2. The molecule has 0 unspecified atom stereocenters. The molecule has 0 saturated heterocycles. The van der Waals surface area contributed by atoms with Crippen molar-refractivity contribution in [2.24, 2.45) is 0 Å². The molecule has 0 bridgehead atoms. The number of halogens is 2.